The van der Waals surface area contributed by atoms with E-state index in [0.717, 1.165) is 154 Å². The molecule has 0 aromatic carbocycles. The lowest BCUT2D eigenvalue weighted by Gasteiger charge is -2.28. The molecule has 0 aliphatic carbocycles. The molecule has 5 atom stereocenters. The number of ether oxygens (including phenoxy) is 12. The number of aliphatic hydroxyl groups is 1. The molecule has 1 heterocycles. The van der Waals surface area contributed by atoms with Gasteiger partial charge in [-0.2, -0.15) is 0 Å². The van der Waals surface area contributed by atoms with Gasteiger partial charge in [-0.1, -0.05) is 159 Å². The largest absolute Gasteiger partial charge is 0.481 e. The second-order valence-corrected chi connectivity index (χ2v) is 26.0. The lowest BCUT2D eigenvalue weighted by molar-refractivity contribution is -0.163. The van der Waals surface area contributed by atoms with Gasteiger partial charge in [0.15, 0.2) is 0 Å². The van der Waals surface area contributed by atoms with Crippen LogP contribution in [0, 0.1) is 0 Å². The quantitative estimate of drug-likeness (QED) is 0.0108. The lowest BCUT2D eigenvalue weighted by atomic mass is 10.1. The molecule has 0 bridgehead atoms. The number of carbonyl (C=O) groups excluding carboxylic acids is 4. The minimum absolute atomic E-state index is 0.00512. The second kappa shape index (κ2) is 85.3. The maximum Gasteiger partial charge on any atom is 0.338 e. The SMILES string of the molecule is C=CC(=O)O.CCCCCC(CC)OCCOCCOCCO.CCCCCC(CC)OCCOCCOCCOC(=O)C(C(=O)O)N(CCCN(CCCC)CCCC)CCC(=O)O.CCCCCC(CC)OCCOCCOCCOC(=O)C(NCCCN(CCCC)CCCC)C(=O)O.O=C1C=CC(=O)O1. The number of rotatable bonds is 74. The number of nitrogens with one attached hydrogen (secondary N) is 1. The lowest BCUT2D eigenvalue weighted by Crippen LogP contribution is -2.49. The van der Waals surface area contributed by atoms with E-state index in [4.69, 9.17) is 67.4 Å². The molecule has 0 aromatic rings. The van der Waals surface area contributed by atoms with Gasteiger partial charge in [0.25, 0.3) is 0 Å². The minimum atomic E-state index is -1.57. The summed E-state index contributed by atoms with van der Waals surface area (Å²) in [6.45, 7) is 37.6. The monoisotopic (exact) mass is 1570 g/mol. The number of nitrogens with zero attached hydrogens (tertiary/aromatic N) is 3. The van der Waals surface area contributed by atoms with E-state index in [1.54, 1.807) is 0 Å². The first-order valence-corrected chi connectivity index (χ1v) is 40.8. The molecule has 6 N–H and O–H groups in total. The molecule has 0 radical (unpaired) electrons. The topological polar surface area (TPSA) is 370 Å². The summed E-state index contributed by atoms with van der Waals surface area (Å²) in [4.78, 5) is 94.9. The molecule has 0 spiro atoms. The van der Waals surface area contributed by atoms with Crippen LogP contribution >= 0.6 is 0 Å². The number of hydrogen-bond acceptors (Lipinski definition) is 25. The Bertz CT molecular complexity index is 2140. The summed E-state index contributed by atoms with van der Waals surface area (Å²) in [7, 11) is 0. The van der Waals surface area contributed by atoms with Crippen molar-refractivity contribution >= 4 is 47.8 Å². The van der Waals surface area contributed by atoms with E-state index >= 15 is 0 Å². The Kier molecular flexibility index (Phi) is 86.3. The molecule has 0 amide bonds. The third kappa shape index (κ3) is 76.6. The zero-order chi connectivity index (χ0) is 82.0. The van der Waals surface area contributed by atoms with E-state index in [1.165, 1.54) is 62.7 Å². The predicted octanol–water partition coefficient (Wildman–Crippen LogP) is 11.0. The highest BCUT2D eigenvalue weighted by atomic mass is 16.6. The number of esters is 4. The third-order valence-corrected chi connectivity index (χ3v) is 16.7. The Balaban J connectivity index is -0.000000738. The van der Waals surface area contributed by atoms with Gasteiger partial charge in [-0.25, -0.2) is 33.6 Å². The molecule has 109 heavy (non-hydrogen) atoms. The van der Waals surface area contributed by atoms with Crippen molar-refractivity contribution in [1.82, 2.24) is 20.0 Å². The van der Waals surface area contributed by atoms with E-state index in [9.17, 15) is 48.6 Å². The maximum absolute atomic E-state index is 12.7. The number of carboxylic acid groups (broad SMARTS) is 4. The molecular weight excluding hydrogens is 1420 g/mol. The zero-order valence-corrected chi connectivity index (χ0v) is 69.0. The summed E-state index contributed by atoms with van der Waals surface area (Å²) < 4.78 is 64.1. The summed E-state index contributed by atoms with van der Waals surface area (Å²) >= 11 is 0. The molecule has 0 saturated heterocycles. The summed E-state index contributed by atoms with van der Waals surface area (Å²) in [6, 6.07) is -2.93. The van der Waals surface area contributed by atoms with Crippen LogP contribution in [0.25, 0.3) is 0 Å². The Morgan fingerprint density at radius 3 is 1.06 bits per heavy atom. The smallest absolute Gasteiger partial charge is 0.338 e. The fourth-order valence-electron chi connectivity index (χ4n) is 10.3. The number of aliphatic hydroxyl groups excluding tert-OH is 1. The highest BCUT2D eigenvalue weighted by molar-refractivity contribution is 6.05. The molecule has 5 unspecified atom stereocenters. The van der Waals surface area contributed by atoms with Crippen LogP contribution in [0.3, 0.4) is 0 Å². The minimum Gasteiger partial charge on any atom is -0.481 e. The first kappa shape index (κ1) is 110. The molecule has 642 valence electrons. The van der Waals surface area contributed by atoms with Crippen molar-refractivity contribution in [2.24, 2.45) is 0 Å². The number of carbonyl (C=O) groups is 8. The van der Waals surface area contributed by atoms with Crippen molar-refractivity contribution in [3.8, 4) is 0 Å². The Morgan fingerprint density at radius 1 is 0.422 bits per heavy atom. The molecule has 1 aliphatic heterocycles. The Labute approximate surface area is 655 Å². The van der Waals surface area contributed by atoms with Gasteiger partial charge in [-0.3, -0.25) is 15.0 Å². The summed E-state index contributed by atoms with van der Waals surface area (Å²) in [5.74, 6) is -7.48. The maximum atomic E-state index is 12.7. The van der Waals surface area contributed by atoms with Crippen molar-refractivity contribution in [3.05, 3.63) is 24.8 Å². The summed E-state index contributed by atoms with van der Waals surface area (Å²) in [5.41, 5.74) is 0. The van der Waals surface area contributed by atoms with Gasteiger partial charge >= 0.3 is 47.8 Å². The fourth-order valence-corrected chi connectivity index (χ4v) is 10.3. The van der Waals surface area contributed by atoms with Crippen molar-refractivity contribution in [1.29, 1.82) is 0 Å². The second-order valence-electron chi connectivity index (χ2n) is 26.0. The van der Waals surface area contributed by atoms with Crippen LogP contribution in [0.2, 0.25) is 0 Å². The van der Waals surface area contributed by atoms with Crippen molar-refractivity contribution in [2.75, 3.05) is 178 Å². The van der Waals surface area contributed by atoms with Gasteiger partial charge in [-0.15, -0.1) is 0 Å². The van der Waals surface area contributed by atoms with Crippen molar-refractivity contribution in [3.63, 3.8) is 0 Å². The first-order valence-electron chi connectivity index (χ1n) is 40.8. The molecule has 1 rings (SSSR count). The van der Waals surface area contributed by atoms with Gasteiger partial charge in [0, 0.05) is 31.3 Å². The highest BCUT2D eigenvalue weighted by Crippen LogP contribution is 2.14. The Hall–Kier alpha value is -5.12. The van der Waals surface area contributed by atoms with E-state index in [0.29, 0.717) is 111 Å². The van der Waals surface area contributed by atoms with Crippen LogP contribution in [-0.2, 0) is 95.2 Å². The Morgan fingerprint density at radius 2 is 0.752 bits per heavy atom. The molecule has 0 fully saturated rings. The molecule has 29 heteroatoms. The van der Waals surface area contributed by atoms with Crippen LogP contribution in [0.15, 0.2) is 24.8 Å². The van der Waals surface area contributed by atoms with Crippen molar-refractivity contribution in [2.45, 2.75) is 267 Å². The number of cyclic esters (lactones) is 2. The van der Waals surface area contributed by atoms with Crippen LogP contribution in [-0.4, -0.2) is 296 Å². The first-order chi connectivity index (χ1) is 52.7. The van der Waals surface area contributed by atoms with Gasteiger partial charge in [0.1, 0.15) is 13.2 Å². The zero-order valence-electron chi connectivity index (χ0n) is 69.0. The van der Waals surface area contributed by atoms with E-state index in [1.807, 2.05) is 0 Å². The number of carboxylic acids is 4. The average molecular weight is 1570 g/mol. The fraction of sp³-hybridized carbons (Fsp3) is 0.850. The van der Waals surface area contributed by atoms with E-state index in [2.05, 4.69) is 95.7 Å². The number of unbranched alkanes of at least 4 members (excludes halogenated alkanes) is 10. The predicted molar refractivity (Wildman–Crippen MR) is 421 cm³/mol. The number of hydrogen-bond donors (Lipinski definition) is 6. The highest BCUT2D eigenvalue weighted by Gasteiger charge is 2.35. The van der Waals surface area contributed by atoms with Gasteiger partial charge < -0.3 is 92.2 Å². The van der Waals surface area contributed by atoms with Crippen LogP contribution < -0.4 is 5.32 Å². The van der Waals surface area contributed by atoms with Crippen LogP contribution in [0.5, 0.6) is 0 Å². The van der Waals surface area contributed by atoms with Crippen molar-refractivity contribution < 1.29 is 121 Å². The standard InChI is InChI=1S/C31H60N2O9.C28H56N2O7.C14H30O4.C4H2O3.C3H4O2/c1-5-9-12-14-27(8-4)41-25-23-39-21-22-40-24-26-42-31(38)29(30(36)37)33(20-15-28(34)35)19-13-18-32(16-10-6-2)17-11-7-3;1-5-9-12-14-25(8-4)36-23-21-34-19-20-35-22-24-37-28(33)26(27(31)32)29-15-13-18-30(16-10-6-2)17-11-7-3;1-3-5-6-7-14(4-2)18-13-12-17-11-10-16-9-8-15;5-3-1-2-4(6)7-3;1-2-3(4)5/h27,29H,5-26H2,1-4H3,(H,34,35)(H,36,37);25-26,29H,5-24H2,1-4H3,(H,31,32);14-15H,3-13H2,1-2H3;1-2H;2H,1H2,(H,4,5). The van der Waals surface area contributed by atoms with Gasteiger partial charge in [-0.05, 0) is 123 Å². The summed E-state index contributed by atoms with van der Waals surface area (Å²) in [5, 5.41) is 47.3. The normalized spacial score (nSPS) is 13.0. The molecule has 29 nitrogen and oxygen atoms in total. The number of aliphatic carboxylic acids is 4. The van der Waals surface area contributed by atoms with Gasteiger partial charge in [0.2, 0.25) is 12.1 Å². The molecule has 0 aromatic heterocycles. The average Bonchev–Trinajstić information content (AvgIpc) is 1.46. The van der Waals surface area contributed by atoms with E-state index in [-0.39, 0.29) is 58.6 Å². The van der Waals surface area contributed by atoms with Gasteiger partial charge in [0.05, 0.1) is 130 Å². The van der Waals surface area contributed by atoms with Crippen LogP contribution in [0.4, 0.5) is 0 Å². The molecular formula is C80H152N4O25. The van der Waals surface area contributed by atoms with Crippen LogP contribution in [0.1, 0.15) is 236 Å². The summed E-state index contributed by atoms with van der Waals surface area (Å²) in [6.07, 6.45) is 31.5. The third-order valence-electron chi connectivity index (χ3n) is 16.7. The molecule has 1 aliphatic rings. The molecule has 0 saturated carbocycles. The van der Waals surface area contributed by atoms with E-state index < -0.39 is 59.8 Å².